The van der Waals surface area contributed by atoms with Gasteiger partial charge in [-0.25, -0.2) is 14.4 Å². The topological polar surface area (TPSA) is 101 Å². The first-order valence-electron chi connectivity index (χ1n) is 10.5. The zero-order valence-corrected chi connectivity index (χ0v) is 17.9. The molecule has 2 aromatic rings. The van der Waals surface area contributed by atoms with Crippen LogP contribution in [0.4, 0.5) is 16.0 Å². The van der Waals surface area contributed by atoms with E-state index in [9.17, 15) is 9.18 Å². The quantitative estimate of drug-likeness (QED) is 0.624. The molecule has 4 heterocycles. The van der Waals surface area contributed by atoms with Crippen LogP contribution < -0.4 is 16.0 Å². The second-order valence-corrected chi connectivity index (χ2v) is 8.36. The fourth-order valence-corrected chi connectivity index (χ4v) is 4.00. The third-order valence-electron chi connectivity index (χ3n) is 5.60. The van der Waals surface area contributed by atoms with Gasteiger partial charge in [-0.1, -0.05) is 11.6 Å². The first-order chi connectivity index (χ1) is 15.1. The number of pyridine rings is 1. The maximum Gasteiger partial charge on any atom is 0.230 e. The third kappa shape index (κ3) is 5.87. The molecule has 8 nitrogen and oxygen atoms in total. The number of aromatic nitrogens is 3. The lowest BCUT2D eigenvalue weighted by atomic mass is 9.97. The molecule has 31 heavy (non-hydrogen) atoms. The Morgan fingerprint density at radius 2 is 2.06 bits per heavy atom. The van der Waals surface area contributed by atoms with E-state index in [1.54, 1.807) is 18.5 Å². The van der Waals surface area contributed by atoms with Crippen LogP contribution in [0.15, 0.2) is 24.7 Å². The Morgan fingerprint density at radius 1 is 1.23 bits per heavy atom. The maximum atomic E-state index is 13.6. The molecule has 0 radical (unpaired) electrons. The van der Waals surface area contributed by atoms with Crippen molar-refractivity contribution in [3.63, 3.8) is 0 Å². The molecular weight excluding hydrogens is 423 g/mol. The summed E-state index contributed by atoms with van der Waals surface area (Å²) in [4.78, 5) is 25.6. The van der Waals surface area contributed by atoms with Crippen molar-refractivity contribution in [2.75, 3.05) is 43.5 Å². The number of amides is 1. The molecule has 0 saturated carbocycles. The molecule has 0 bridgehead atoms. The molecule has 2 aliphatic rings. The normalized spacial score (nSPS) is 22.1. The Labute approximate surface area is 185 Å². The number of piperidine rings is 1. The average Bonchev–Trinajstić information content (AvgIpc) is 2.80. The first-order valence-corrected chi connectivity index (χ1v) is 10.9. The standard InChI is InChI=1S/C21H26ClFN6O2/c22-17-10-27-19(29-21(30)14-5-15(23)9-24-8-14)6-16(17)18-11-25-12-20(28-18)26-7-13-1-3-31-4-2-13/h6,10-15,24H,1-5,7-9H2,(H,26,28)(H,27,29,30)/t14-,15+/m1/s1. The molecule has 3 N–H and O–H groups in total. The van der Waals surface area contributed by atoms with Gasteiger partial charge in [0.15, 0.2) is 0 Å². The number of hydrogen-bond donors (Lipinski definition) is 3. The number of ether oxygens (including phenoxy) is 1. The van der Waals surface area contributed by atoms with Crippen LogP contribution in [0.25, 0.3) is 11.3 Å². The van der Waals surface area contributed by atoms with Crippen LogP contribution in [0.2, 0.25) is 5.02 Å². The monoisotopic (exact) mass is 448 g/mol. The average molecular weight is 449 g/mol. The summed E-state index contributed by atoms with van der Waals surface area (Å²) >= 11 is 6.35. The summed E-state index contributed by atoms with van der Waals surface area (Å²) in [6.07, 6.45) is 5.98. The van der Waals surface area contributed by atoms with Crippen LogP contribution in [-0.2, 0) is 9.53 Å². The Morgan fingerprint density at radius 3 is 2.87 bits per heavy atom. The lowest BCUT2D eigenvalue weighted by Crippen LogP contribution is -2.42. The summed E-state index contributed by atoms with van der Waals surface area (Å²) in [7, 11) is 0. The summed E-state index contributed by atoms with van der Waals surface area (Å²) in [5, 5.41) is 9.43. The highest BCUT2D eigenvalue weighted by Gasteiger charge is 2.27. The molecule has 2 atom stereocenters. The van der Waals surface area contributed by atoms with Gasteiger partial charge in [0.1, 0.15) is 17.8 Å². The molecule has 0 unspecified atom stereocenters. The molecule has 1 amide bonds. The fraction of sp³-hybridized carbons (Fsp3) is 0.524. The van der Waals surface area contributed by atoms with Crippen LogP contribution in [0, 0.1) is 11.8 Å². The van der Waals surface area contributed by atoms with Crippen molar-refractivity contribution in [3.05, 3.63) is 29.7 Å². The molecule has 0 aromatic carbocycles. The second-order valence-electron chi connectivity index (χ2n) is 7.95. The zero-order valence-electron chi connectivity index (χ0n) is 17.1. The van der Waals surface area contributed by atoms with Crippen LogP contribution in [-0.4, -0.2) is 59.9 Å². The van der Waals surface area contributed by atoms with Crippen molar-refractivity contribution < 1.29 is 13.9 Å². The van der Waals surface area contributed by atoms with E-state index in [1.165, 1.54) is 6.20 Å². The zero-order chi connectivity index (χ0) is 21.6. The minimum Gasteiger partial charge on any atom is -0.381 e. The number of hydrogen-bond acceptors (Lipinski definition) is 7. The Kier molecular flexibility index (Phi) is 7.26. The molecule has 2 aromatic heterocycles. The number of rotatable bonds is 6. The molecule has 2 aliphatic heterocycles. The highest BCUT2D eigenvalue weighted by atomic mass is 35.5. The maximum absolute atomic E-state index is 13.6. The summed E-state index contributed by atoms with van der Waals surface area (Å²) in [6.45, 7) is 3.12. The Hall–Kier alpha value is -2.36. The minimum absolute atomic E-state index is 0.200. The van der Waals surface area contributed by atoms with Crippen molar-refractivity contribution >= 4 is 29.1 Å². The highest BCUT2D eigenvalue weighted by molar-refractivity contribution is 6.33. The number of nitrogens with one attached hydrogen (secondary N) is 3. The van der Waals surface area contributed by atoms with Crippen LogP contribution >= 0.6 is 11.6 Å². The molecule has 4 rings (SSSR count). The highest BCUT2D eigenvalue weighted by Crippen LogP contribution is 2.29. The number of alkyl halides is 1. The van der Waals surface area contributed by atoms with Gasteiger partial charge in [0.05, 0.1) is 29.0 Å². The van der Waals surface area contributed by atoms with Crippen LogP contribution in [0.5, 0.6) is 0 Å². The molecule has 2 fully saturated rings. The van der Waals surface area contributed by atoms with Crippen molar-refractivity contribution in [1.29, 1.82) is 0 Å². The van der Waals surface area contributed by atoms with Crippen molar-refractivity contribution in [2.45, 2.75) is 25.4 Å². The lowest BCUT2D eigenvalue weighted by Gasteiger charge is -2.24. The van der Waals surface area contributed by atoms with Gasteiger partial charge in [-0.15, -0.1) is 0 Å². The number of halogens is 2. The van der Waals surface area contributed by atoms with Gasteiger partial charge in [-0.05, 0) is 31.2 Å². The predicted molar refractivity (Wildman–Crippen MR) is 117 cm³/mol. The van der Waals surface area contributed by atoms with Gasteiger partial charge < -0.3 is 20.7 Å². The molecule has 0 spiro atoms. The van der Waals surface area contributed by atoms with E-state index in [2.05, 4.69) is 30.9 Å². The summed E-state index contributed by atoms with van der Waals surface area (Å²) < 4.78 is 19.0. The smallest absolute Gasteiger partial charge is 0.230 e. The van der Waals surface area contributed by atoms with Crippen molar-refractivity contribution in [1.82, 2.24) is 20.3 Å². The summed E-state index contributed by atoms with van der Waals surface area (Å²) in [5.41, 5.74) is 1.18. The minimum atomic E-state index is -1.02. The number of anilines is 2. The van der Waals surface area contributed by atoms with E-state index in [1.807, 2.05) is 0 Å². The largest absolute Gasteiger partial charge is 0.381 e. The predicted octanol–water partition coefficient (Wildman–Crippen LogP) is 2.92. The van der Waals surface area contributed by atoms with Crippen LogP contribution in [0.3, 0.4) is 0 Å². The van der Waals surface area contributed by atoms with Gasteiger partial charge in [0.2, 0.25) is 5.91 Å². The van der Waals surface area contributed by atoms with E-state index in [0.29, 0.717) is 40.4 Å². The van der Waals surface area contributed by atoms with E-state index >= 15 is 0 Å². The molecule has 2 saturated heterocycles. The van der Waals surface area contributed by atoms with Crippen molar-refractivity contribution in [2.24, 2.45) is 11.8 Å². The molecular formula is C21H26ClFN6O2. The van der Waals surface area contributed by atoms with E-state index < -0.39 is 12.1 Å². The van der Waals surface area contributed by atoms with Gasteiger partial charge in [0, 0.05) is 44.6 Å². The van der Waals surface area contributed by atoms with E-state index in [0.717, 1.165) is 32.6 Å². The number of carbonyl (C=O) groups is 1. The lowest BCUT2D eigenvalue weighted by molar-refractivity contribution is -0.120. The van der Waals surface area contributed by atoms with E-state index in [-0.39, 0.29) is 18.9 Å². The third-order valence-corrected chi connectivity index (χ3v) is 5.90. The Balaban J connectivity index is 1.44. The van der Waals surface area contributed by atoms with Crippen LogP contribution in [0.1, 0.15) is 19.3 Å². The van der Waals surface area contributed by atoms with Gasteiger partial charge >= 0.3 is 0 Å². The first kappa shape index (κ1) is 21.9. The van der Waals surface area contributed by atoms with Gasteiger partial charge in [-0.2, -0.15) is 0 Å². The molecule has 166 valence electrons. The Bertz CT molecular complexity index is 911. The van der Waals surface area contributed by atoms with E-state index in [4.69, 9.17) is 16.3 Å². The number of carbonyl (C=O) groups excluding carboxylic acids is 1. The fourth-order valence-electron chi connectivity index (χ4n) is 3.80. The molecule has 10 heteroatoms. The summed E-state index contributed by atoms with van der Waals surface area (Å²) in [5.74, 6) is 0.831. The SMILES string of the molecule is O=C(Nc1cc(-c2cncc(NCC3CCOCC3)n2)c(Cl)cn1)[C@H]1CNC[C@@H](F)C1. The number of nitrogens with zero attached hydrogens (tertiary/aromatic N) is 3. The van der Waals surface area contributed by atoms with Gasteiger partial charge in [0.25, 0.3) is 0 Å². The summed E-state index contributed by atoms with van der Waals surface area (Å²) in [6, 6.07) is 1.66. The second kappa shape index (κ2) is 10.3. The van der Waals surface area contributed by atoms with Crippen molar-refractivity contribution in [3.8, 4) is 11.3 Å². The van der Waals surface area contributed by atoms with Gasteiger partial charge in [-0.3, -0.25) is 9.78 Å². The molecule has 0 aliphatic carbocycles.